The van der Waals surface area contributed by atoms with Crippen molar-refractivity contribution in [3.63, 3.8) is 0 Å². The molecular weight excluding hydrogens is 491 g/mol. The van der Waals surface area contributed by atoms with Crippen LogP contribution in [0.25, 0.3) is 16.6 Å². The lowest BCUT2D eigenvalue weighted by Crippen LogP contribution is -2.35. The van der Waals surface area contributed by atoms with E-state index in [2.05, 4.69) is 9.35 Å². The maximum absolute atomic E-state index is 14.4. The Kier molecular flexibility index (Phi) is 7.38. The molecule has 0 bridgehead atoms. The van der Waals surface area contributed by atoms with Crippen molar-refractivity contribution in [3.05, 3.63) is 53.7 Å². The zero-order chi connectivity index (χ0) is 27.1. The first-order chi connectivity index (χ1) is 17.3. The highest BCUT2D eigenvalue weighted by Gasteiger charge is 2.31. The van der Waals surface area contributed by atoms with Crippen LogP contribution in [0.4, 0.5) is 9.18 Å². The highest BCUT2D eigenvalue weighted by molar-refractivity contribution is 7.94. The van der Waals surface area contributed by atoms with Gasteiger partial charge in [0.15, 0.2) is 0 Å². The molecule has 1 saturated heterocycles. The van der Waals surface area contributed by atoms with E-state index in [1.807, 2.05) is 58.5 Å². The Hall–Kier alpha value is -2.94. The first-order valence-electron chi connectivity index (χ1n) is 12.7. The van der Waals surface area contributed by atoms with Crippen LogP contribution in [-0.4, -0.2) is 55.7 Å². The molecule has 2 aromatic heterocycles. The predicted octanol–water partition coefficient (Wildman–Crippen LogP) is 6.14. The smallest absolute Gasteiger partial charge is 0.410 e. The Morgan fingerprint density at radius 2 is 2.03 bits per heavy atom. The molecular formula is C28H37FN4O3S. The average Bonchev–Trinajstić information content (AvgIpc) is 3.43. The van der Waals surface area contributed by atoms with Crippen molar-refractivity contribution in [2.75, 3.05) is 20.1 Å². The monoisotopic (exact) mass is 528 g/mol. The molecule has 4 rings (SSSR count). The molecule has 1 fully saturated rings. The lowest BCUT2D eigenvalue weighted by molar-refractivity contribution is 0.0288. The maximum atomic E-state index is 14.4. The second kappa shape index (κ2) is 10.1. The largest absolute Gasteiger partial charge is 0.444 e. The number of carbonyl (C=O) groups is 1. The number of carbonyl (C=O) groups excluding carboxylic acids is 1. The fourth-order valence-electron chi connectivity index (χ4n) is 5.08. The number of aryl methyl sites for hydroxylation is 1. The molecule has 3 aromatic rings. The maximum Gasteiger partial charge on any atom is 0.410 e. The van der Waals surface area contributed by atoms with Gasteiger partial charge in [0, 0.05) is 43.2 Å². The molecule has 3 heterocycles. The topological polar surface area (TPSA) is 76.8 Å². The Bertz CT molecular complexity index is 1450. The van der Waals surface area contributed by atoms with Gasteiger partial charge in [0.25, 0.3) is 0 Å². The molecule has 9 heteroatoms. The lowest BCUT2D eigenvalue weighted by atomic mass is 9.97. The Balaban J connectivity index is 1.76. The minimum atomic E-state index is -2.86. The van der Waals surface area contributed by atoms with Gasteiger partial charge in [-0.25, -0.2) is 17.8 Å². The van der Waals surface area contributed by atoms with Crippen LogP contribution >= 0.6 is 0 Å². The van der Waals surface area contributed by atoms with Gasteiger partial charge in [-0.1, -0.05) is 0 Å². The van der Waals surface area contributed by atoms with Gasteiger partial charge in [0.05, 0.1) is 32.0 Å². The molecule has 1 aromatic carbocycles. The summed E-state index contributed by atoms with van der Waals surface area (Å²) in [5.74, 6) is -0.174. The summed E-state index contributed by atoms with van der Waals surface area (Å²) in [6.45, 7) is 12.6. The number of nitrogens with zero attached hydrogens (tertiary/aromatic N) is 4. The van der Waals surface area contributed by atoms with E-state index in [9.17, 15) is 13.4 Å². The lowest BCUT2D eigenvalue weighted by Gasteiger charge is -2.24. The SMILES string of the molecule is CN=S(=O)(c1cc(F)ccc1-n1cc(CC2CCN(C(=O)OC(C)(C)C)C2)c2c(C)cncc21)C(C)C. The first-order valence-corrected chi connectivity index (χ1v) is 14.3. The fourth-order valence-corrected chi connectivity index (χ4v) is 6.96. The standard InChI is InChI=1S/C28H37FN4O3S/c1-18(2)37(35,30-7)25-13-22(29)8-9-23(25)33-17-21(26-19(3)14-31-15-24(26)33)12-20-10-11-32(16-20)27(34)36-28(4,5)6/h8-9,13-15,17-18,20H,10-12,16H2,1-7H3. The summed E-state index contributed by atoms with van der Waals surface area (Å²) in [4.78, 5) is 19.2. The Morgan fingerprint density at radius 3 is 2.68 bits per heavy atom. The van der Waals surface area contributed by atoms with Gasteiger partial charge in [-0.2, -0.15) is 0 Å². The number of aromatic nitrogens is 2. The van der Waals surface area contributed by atoms with E-state index in [-0.39, 0.29) is 17.3 Å². The third-order valence-corrected chi connectivity index (χ3v) is 9.61. The number of hydrogen-bond donors (Lipinski definition) is 0. The summed E-state index contributed by atoms with van der Waals surface area (Å²) in [6, 6.07) is 4.40. The molecule has 2 atom stereocenters. The van der Waals surface area contributed by atoms with Gasteiger partial charge in [-0.05, 0) is 89.6 Å². The zero-order valence-corrected chi connectivity index (χ0v) is 23.6. The number of amides is 1. The summed E-state index contributed by atoms with van der Waals surface area (Å²) >= 11 is 0. The van der Waals surface area contributed by atoms with Crippen molar-refractivity contribution in [1.29, 1.82) is 0 Å². The molecule has 0 aliphatic carbocycles. The predicted molar refractivity (Wildman–Crippen MR) is 145 cm³/mol. The van der Waals surface area contributed by atoms with Crippen molar-refractivity contribution in [1.82, 2.24) is 14.5 Å². The normalized spacial score (nSPS) is 17.9. The van der Waals surface area contributed by atoms with Crippen LogP contribution in [-0.2, 0) is 20.9 Å². The molecule has 2 unspecified atom stereocenters. The molecule has 0 radical (unpaired) electrons. The highest BCUT2D eigenvalue weighted by Crippen LogP contribution is 2.34. The van der Waals surface area contributed by atoms with E-state index in [1.165, 1.54) is 19.2 Å². The molecule has 200 valence electrons. The quantitative estimate of drug-likeness (QED) is 0.399. The van der Waals surface area contributed by atoms with Crippen LogP contribution in [0.5, 0.6) is 0 Å². The number of benzene rings is 1. The minimum Gasteiger partial charge on any atom is -0.444 e. The number of pyridine rings is 1. The molecule has 1 aliphatic rings. The number of likely N-dealkylation sites (tertiary alicyclic amines) is 1. The molecule has 7 nitrogen and oxygen atoms in total. The van der Waals surface area contributed by atoms with Crippen molar-refractivity contribution in [2.24, 2.45) is 10.3 Å². The number of rotatable bonds is 5. The number of hydrogen-bond acceptors (Lipinski definition) is 5. The van der Waals surface area contributed by atoms with Gasteiger partial charge in [-0.15, -0.1) is 0 Å². The Labute approximate surface area is 219 Å². The molecule has 37 heavy (non-hydrogen) atoms. The minimum absolute atomic E-state index is 0.275. The van der Waals surface area contributed by atoms with E-state index in [0.29, 0.717) is 23.7 Å². The van der Waals surface area contributed by atoms with Crippen LogP contribution in [0.1, 0.15) is 52.2 Å². The third kappa shape index (κ3) is 5.37. The Morgan fingerprint density at radius 1 is 1.30 bits per heavy atom. The molecule has 1 aliphatic heterocycles. The zero-order valence-electron chi connectivity index (χ0n) is 22.7. The van der Waals surface area contributed by atoms with E-state index < -0.39 is 21.1 Å². The van der Waals surface area contributed by atoms with E-state index in [1.54, 1.807) is 17.2 Å². The van der Waals surface area contributed by atoms with Gasteiger partial charge in [0.2, 0.25) is 0 Å². The summed E-state index contributed by atoms with van der Waals surface area (Å²) in [5.41, 5.74) is 3.12. The van der Waals surface area contributed by atoms with Gasteiger partial charge in [-0.3, -0.25) is 4.98 Å². The fraction of sp³-hybridized carbons (Fsp3) is 0.500. The van der Waals surface area contributed by atoms with Crippen LogP contribution in [0.2, 0.25) is 0 Å². The van der Waals surface area contributed by atoms with Crippen LogP contribution in [0.15, 0.2) is 46.0 Å². The van der Waals surface area contributed by atoms with Crippen molar-refractivity contribution in [3.8, 4) is 5.69 Å². The first kappa shape index (κ1) is 27.1. The second-order valence-corrected chi connectivity index (χ2v) is 14.0. The van der Waals surface area contributed by atoms with Gasteiger partial charge < -0.3 is 14.2 Å². The second-order valence-electron chi connectivity index (χ2n) is 11.1. The van der Waals surface area contributed by atoms with E-state index >= 15 is 0 Å². The molecule has 0 saturated carbocycles. The molecule has 0 N–H and O–H groups in total. The average molecular weight is 529 g/mol. The number of ether oxygens (including phenoxy) is 1. The molecule has 1 amide bonds. The van der Waals surface area contributed by atoms with Crippen molar-refractivity contribution < 1.29 is 18.1 Å². The third-order valence-electron chi connectivity index (χ3n) is 6.83. The highest BCUT2D eigenvalue weighted by atomic mass is 32.2. The van der Waals surface area contributed by atoms with Crippen molar-refractivity contribution in [2.45, 2.75) is 70.1 Å². The summed E-state index contributed by atoms with van der Waals surface area (Å²) < 4.78 is 40.1. The van der Waals surface area contributed by atoms with E-state index in [0.717, 1.165) is 34.9 Å². The number of halogens is 1. The van der Waals surface area contributed by atoms with Crippen molar-refractivity contribution >= 4 is 26.7 Å². The summed E-state index contributed by atoms with van der Waals surface area (Å²) in [7, 11) is -1.34. The summed E-state index contributed by atoms with van der Waals surface area (Å²) in [5, 5.41) is 0.780. The van der Waals surface area contributed by atoms with Crippen LogP contribution in [0.3, 0.4) is 0 Å². The summed E-state index contributed by atoms with van der Waals surface area (Å²) in [6.07, 6.45) is 7.04. The van der Waals surface area contributed by atoms with Crippen LogP contribution < -0.4 is 0 Å². The number of fused-ring (bicyclic) bond motifs is 1. The van der Waals surface area contributed by atoms with Crippen LogP contribution in [0, 0.1) is 18.7 Å². The van der Waals surface area contributed by atoms with Gasteiger partial charge in [0.1, 0.15) is 11.4 Å². The molecule has 0 spiro atoms. The van der Waals surface area contributed by atoms with E-state index in [4.69, 9.17) is 4.74 Å². The van der Waals surface area contributed by atoms with Gasteiger partial charge >= 0.3 is 6.09 Å².